The Hall–Kier alpha value is -3.58. The molecule has 7 nitrogen and oxygen atoms in total. The van der Waals surface area contributed by atoms with Gasteiger partial charge in [-0.3, -0.25) is 0 Å². The average molecular weight is 504 g/mol. The summed E-state index contributed by atoms with van der Waals surface area (Å²) in [6.45, 7) is 8.67. The van der Waals surface area contributed by atoms with Gasteiger partial charge in [-0.05, 0) is 74.4 Å². The van der Waals surface area contributed by atoms with Gasteiger partial charge in [-0.1, -0.05) is 23.7 Å². The van der Waals surface area contributed by atoms with Gasteiger partial charge >= 0.3 is 6.03 Å². The number of hydrogen-bond acceptors (Lipinski definition) is 5. The Morgan fingerprint density at radius 1 is 0.972 bits per heavy atom. The molecular formula is C28H30ClN5O2. The minimum Gasteiger partial charge on any atom is -0.488 e. The molecule has 0 saturated carbocycles. The van der Waals surface area contributed by atoms with Crippen LogP contribution in [0.15, 0.2) is 54.9 Å². The first kappa shape index (κ1) is 24.1. The zero-order valence-corrected chi connectivity index (χ0v) is 21.5. The van der Waals surface area contributed by atoms with Crippen molar-refractivity contribution in [2.24, 2.45) is 0 Å². The van der Waals surface area contributed by atoms with Crippen LogP contribution in [0.25, 0.3) is 11.6 Å². The van der Waals surface area contributed by atoms with Crippen LogP contribution in [0.2, 0.25) is 5.02 Å². The second-order valence-corrected chi connectivity index (χ2v) is 10.5. The van der Waals surface area contributed by atoms with E-state index < -0.39 is 0 Å². The lowest BCUT2D eigenvalue weighted by Crippen LogP contribution is -2.50. The summed E-state index contributed by atoms with van der Waals surface area (Å²) in [5, 5.41) is 3.72. The van der Waals surface area contributed by atoms with E-state index in [1.165, 1.54) is 5.57 Å². The maximum absolute atomic E-state index is 12.9. The molecule has 2 heterocycles. The number of aromatic nitrogens is 2. The fourth-order valence-corrected chi connectivity index (χ4v) is 4.63. The van der Waals surface area contributed by atoms with Gasteiger partial charge < -0.3 is 19.9 Å². The van der Waals surface area contributed by atoms with Crippen molar-refractivity contribution in [3.63, 3.8) is 0 Å². The second-order valence-electron chi connectivity index (χ2n) is 10.1. The van der Waals surface area contributed by atoms with E-state index in [1.807, 2.05) is 74.2 Å². The summed E-state index contributed by atoms with van der Waals surface area (Å²) >= 11 is 6.05. The number of amides is 2. The molecule has 0 atom stereocenters. The molecule has 36 heavy (non-hydrogen) atoms. The highest BCUT2D eigenvalue weighted by atomic mass is 35.5. The van der Waals surface area contributed by atoms with Crippen LogP contribution < -0.4 is 15.0 Å². The van der Waals surface area contributed by atoms with Crippen molar-refractivity contribution in [1.82, 2.24) is 14.9 Å². The Balaban J connectivity index is 1.21. The molecule has 0 bridgehead atoms. The topological polar surface area (TPSA) is 70.6 Å². The monoisotopic (exact) mass is 503 g/mol. The number of piperazine rings is 1. The van der Waals surface area contributed by atoms with Gasteiger partial charge in [0.2, 0.25) is 0 Å². The molecule has 2 aromatic carbocycles. The third-order valence-electron chi connectivity index (χ3n) is 6.23. The van der Waals surface area contributed by atoms with E-state index >= 15 is 0 Å². The number of urea groups is 1. The summed E-state index contributed by atoms with van der Waals surface area (Å²) in [6, 6.07) is 15.3. The number of carbonyl (C=O) groups excluding carboxylic acids is 1. The van der Waals surface area contributed by atoms with Crippen LogP contribution in [0.3, 0.4) is 0 Å². The Morgan fingerprint density at radius 2 is 1.67 bits per heavy atom. The van der Waals surface area contributed by atoms with Crippen molar-refractivity contribution in [2.45, 2.75) is 32.8 Å². The third kappa shape index (κ3) is 5.46. The van der Waals surface area contributed by atoms with Crippen molar-refractivity contribution in [2.75, 3.05) is 36.4 Å². The zero-order chi connectivity index (χ0) is 25.3. The lowest BCUT2D eigenvalue weighted by molar-refractivity contribution is 0.131. The van der Waals surface area contributed by atoms with Crippen LogP contribution in [-0.2, 0) is 6.42 Å². The van der Waals surface area contributed by atoms with Gasteiger partial charge in [-0.25, -0.2) is 14.8 Å². The molecule has 8 heteroatoms. The Labute approximate surface area is 216 Å². The molecule has 1 N–H and O–H groups in total. The number of anilines is 2. The van der Waals surface area contributed by atoms with Gasteiger partial charge in [0.25, 0.3) is 0 Å². The molecule has 0 radical (unpaired) electrons. The number of rotatable bonds is 4. The minimum absolute atomic E-state index is 0.100. The van der Waals surface area contributed by atoms with Gasteiger partial charge in [0.15, 0.2) is 0 Å². The smallest absolute Gasteiger partial charge is 0.321 e. The normalized spacial score (nSPS) is 15.4. The maximum atomic E-state index is 12.9. The van der Waals surface area contributed by atoms with Crippen LogP contribution in [-0.4, -0.2) is 52.7 Å². The summed E-state index contributed by atoms with van der Waals surface area (Å²) < 4.78 is 5.85. The Kier molecular flexibility index (Phi) is 6.58. The second kappa shape index (κ2) is 9.82. The van der Waals surface area contributed by atoms with E-state index in [-0.39, 0.29) is 11.6 Å². The van der Waals surface area contributed by atoms with Crippen molar-refractivity contribution in [3.8, 4) is 5.75 Å². The fourth-order valence-electron chi connectivity index (χ4n) is 4.50. The molecule has 0 spiro atoms. The van der Waals surface area contributed by atoms with Gasteiger partial charge in [0, 0.05) is 48.9 Å². The molecule has 2 aliphatic rings. The molecule has 3 aromatic rings. The van der Waals surface area contributed by atoms with Gasteiger partial charge in [-0.2, -0.15) is 0 Å². The van der Waals surface area contributed by atoms with Crippen LogP contribution in [0.4, 0.5) is 16.3 Å². The standard InChI is InChI=1S/C28H30ClN5O2/c1-28(2,3)36-23-10-8-22(9-11-23)32-27(35)34-14-12-33(13-15-34)26-24-16-20(17-25(24)30-18-31-26)19-4-6-21(29)7-5-19/h4-11,16,18H,12-15,17H2,1-3H3,(H,32,35). The summed E-state index contributed by atoms with van der Waals surface area (Å²) in [5.74, 6) is 1.71. The number of halogens is 1. The molecule has 186 valence electrons. The van der Waals surface area contributed by atoms with E-state index in [0.29, 0.717) is 26.2 Å². The number of nitrogens with zero attached hydrogens (tertiary/aromatic N) is 4. The van der Waals surface area contributed by atoms with Crippen molar-refractivity contribution in [3.05, 3.63) is 76.7 Å². The van der Waals surface area contributed by atoms with Gasteiger partial charge in [0.05, 0.1) is 5.69 Å². The summed E-state index contributed by atoms with van der Waals surface area (Å²) in [5.41, 5.74) is 4.93. The highest BCUT2D eigenvalue weighted by molar-refractivity contribution is 6.30. The molecule has 1 aromatic heterocycles. The van der Waals surface area contributed by atoms with E-state index in [2.05, 4.69) is 26.3 Å². The minimum atomic E-state index is -0.262. The van der Waals surface area contributed by atoms with Crippen molar-refractivity contribution >= 4 is 40.8 Å². The number of allylic oxidation sites excluding steroid dienone is 1. The number of nitrogens with one attached hydrogen (secondary N) is 1. The molecule has 2 amide bonds. The van der Waals surface area contributed by atoms with E-state index in [1.54, 1.807) is 6.33 Å². The van der Waals surface area contributed by atoms with Crippen LogP contribution in [0.1, 0.15) is 37.6 Å². The SMILES string of the molecule is CC(C)(C)Oc1ccc(NC(=O)N2CCN(c3ncnc4c3C=C(c3ccc(Cl)cc3)C4)CC2)cc1. The largest absolute Gasteiger partial charge is 0.488 e. The highest BCUT2D eigenvalue weighted by Crippen LogP contribution is 2.35. The van der Waals surface area contributed by atoms with E-state index in [4.69, 9.17) is 16.3 Å². The van der Waals surface area contributed by atoms with Gasteiger partial charge in [-0.15, -0.1) is 0 Å². The Morgan fingerprint density at radius 3 is 2.33 bits per heavy atom. The molecular weight excluding hydrogens is 474 g/mol. The molecule has 1 fully saturated rings. The van der Waals surface area contributed by atoms with Crippen molar-refractivity contribution in [1.29, 1.82) is 0 Å². The molecule has 0 unspecified atom stereocenters. The lowest BCUT2D eigenvalue weighted by atomic mass is 10.1. The molecule has 5 rings (SSSR count). The number of fused-ring (bicyclic) bond motifs is 1. The quantitative estimate of drug-likeness (QED) is 0.490. The van der Waals surface area contributed by atoms with E-state index in [9.17, 15) is 4.79 Å². The Bertz CT molecular complexity index is 1270. The first-order valence-electron chi connectivity index (χ1n) is 12.2. The highest BCUT2D eigenvalue weighted by Gasteiger charge is 2.26. The first-order valence-corrected chi connectivity index (χ1v) is 12.5. The van der Waals surface area contributed by atoms with Crippen LogP contribution in [0.5, 0.6) is 5.75 Å². The van der Waals surface area contributed by atoms with Crippen LogP contribution in [0, 0.1) is 0 Å². The van der Waals surface area contributed by atoms with Crippen LogP contribution >= 0.6 is 11.6 Å². The van der Waals surface area contributed by atoms with Gasteiger partial charge in [0.1, 0.15) is 23.5 Å². The first-order chi connectivity index (χ1) is 17.2. The van der Waals surface area contributed by atoms with Crippen molar-refractivity contribution < 1.29 is 9.53 Å². The number of benzene rings is 2. The molecule has 1 aliphatic carbocycles. The zero-order valence-electron chi connectivity index (χ0n) is 20.8. The van der Waals surface area contributed by atoms with E-state index in [0.717, 1.165) is 45.5 Å². The number of carbonyl (C=O) groups is 1. The molecule has 1 saturated heterocycles. The predicted molar refractivity (Wildman–Crippen MR) is 145 cm³/mol. The fraction of sp³-hybridized carbons (Fsp3) is 0.321. The summed E-state index contributed by atoms with van der Waals surface area (Å²) in [7, 11) is 0. The summed E-state index contributed by atoms with van der Waals surface area (Å²) in [6.07, 6.45) is 4.59. The number of hydrogen-bond donors (Lipinski definition) is 1. The maximum Gasteiger partial charge on any atom is 0.321 e. The average Bonchev–Trinajstić information content (AvgIpc) is 3.29. The summed E-state index contributed by atoms with van der Waals surface area (Å²) in [4.78, 5) is 26.1. The third-order valence-corrected chi connectivity index (χ3v) is 6.48. The predicted octanol–water partition coefficient (Wildman–Crippen LogP) is 5.76. The lowest BCUT2D eigenvalue weighted by Gasteiger charge is -2.36. The number of ether oxygens (including phenoxy) is 1. The molecule has 1 aliphatic heterocycles.